The lowest BCUT2D eigenvalue weighted by Gasteiger charge is -2.35. The molecule has 5 heteroatoms. The average molecular weight is 389 g/mol. The van der Waals surface area contributed by atoms with Crippen LogP contribution in [0.5, 0.6) is 5.75 Å². The van der Waals surface area contributed by atoms with Crippen molar-refractivity contribution in [3.8, 4) is 5.75 Å². The minimum Gasteiger partial charge on any atom is -0.491 e. The highest BCUT2D eigenvalue weighted by Gasteiger charge is 2.19. The molecular weight excluding hydrogens is 360 g/mol. The molecule has 4 nitrogen and oxygen atoms in total. The standard InChI is InChI=1S/C22H29ClN2O2/c1-17-3-4-18(2)22(13-17)27-16-21(26)15-25-11-9-24(10-12-25)14-19-5-7-20(23)8-6-19/h3-8,13,21,26H,9-12,14-16H2,1-2H3/t21-/m0/s1. The summed E-state index contributed by atoms with van der Waals surface area (Å²) in [5.41, 5.74) is 3.56. The zero-order valence-electron chi connectivity index (χ0n) is 16.2. The Hall–Kier alpha value is -1.59. The number of aliphatic hydroxyl groups excluding tert-OH is 1. The summed E-state index contributed by atoms with van der Waals surface area (Å²) in [4.78, 5) is 4.76. The second kappa shape index (κ2) is 9.56. The fourth-order valence-corrected chi connectivity index (χ4v) is 3.50. The van der Waals surface area contributed by atoms with Gasteiger partial charge in [0, 0.05) is 44.3 Å². The van der Waals surface area contributed by atoms with Crippen molar-refractivity contribution in [2.45, 2.75) is 26.5 Å². The van der Waals surface area contributed by atoms with Crippen LogP contribution in [0.25, 0.3) is 0 Å². The zero-order valence-corrected chi connectivity index (χ0v) is 17.0. The number of aryl methyl sites for hydroxylation is 2. The largest absolute Gasteiger partial charge is 0.491 e. The first-order valence-corrected chi connectivity index (χ1v) is 9.94. The van der Waals surface area contributed by atoms with E-state index >= 15 is 0 Å². The Morgan fingerprint density at radius 1 is 1.00 bits per heavy atom. The van der Waals surface area contributed by atoms with Gasteiger partial charge in [0.2, 0.25) is 0 Å². The molecule has 0 bridgehead atoms. The van der Waals surface area contributed by atoms with E-state index in [1.807, 2.05) is 32.0 Å². The predicted molar refractivity (Wildman–Crippen MR) is 111 cm³/mol. The first-order chi connectivity index (χ1) is 13.0. The molecule has 0 radical (unpaired) electrons. The Kier molecular flexibility index (Phi) is 7.13. The van der Waals surface area contributed by atoms with Crippen LogP contribution in [0, 0.1) is 13.8 Å². The van der Waals surface area contributed by atoms with Crippen molar-refractivity contribution in [1.29, 1.82) is 0 Å². The number of aliphatic hydroxyl groups is 1. The summed E-state index contributed by atoms with van der Waals surface area (Å²) >= 11 is 5.95. The van der Waals surface area contributed by atoms with Gasteiger partial charge in [0.25, 0.3) is 0 Å². The van der Waals surface area contributed by atoms with Gasteiger partial charge in [-0.3, -0.25) is 9.80 Å². The second-order valence-corrected chi connectivity index (χ2v) is 7.87. The molecule has 1 heterocycles. The molecule has 0 aromatic heterocycles. The van der Waals surface area contributed by atoms with E-state index < -0.39 is 6.10 Å². The molecule has 1 atom stereocenters. The molecule has 1 aliphatic rings. The molecule has 146 valence electrons. The highest BCUT2D eigenvalue weighted by molar-refractivity contribution is 6.30. The van der Waals surface area contributed by atoms with E-state index in [-0.39, 0.29) is 0 Å². The lowest BCUT2D eigenvalue weighted by molar-refractivity contribution is 0.0445. The number of hydrogen-bond donors (Lipinski definition) is 1. The fourth-order valence-electron chi connectivity index (χ4n) is 3.38. The van der Waals surface area contributed by atoms with Crippen LogP contribution in [0.1, 0.15) is 16.7 Å². The molecule has 1 N–H and O–H groups in total. The number of rotatable bonds is 7. The van der Waals surface area contributed by atoms with Gasteiger partial charge in [-0.15, -0.1) is 0 Å². The van der Waals surface area contributed by atoms with Gasteiger partial charge in [0.05, 0.1) is 0 Å². The molecular formula is C22H29ClN2O2. The van der Waals surface area contributed by atoms with Crippen molar-refractivity contribution in [1.82, 2.24) is 9.80 Å². The van der Waals surface area contributed by atoms with E-state index in [4.69, 9.17) is 16.3 Å². The smallest absolute Gasteiger partial charge is 0.122 e. The molecule has 2 aromatic carbocycles. The lowest BCUT2D eigenvalue weighted by Crippen LogP contribution is -2.48. The van der Waals surface area contributed by atoms with E-state index in [0.29, 0.717) is 13.2 Å². The van der Waals surface area contributed by atoms with Crippen molar-refractivity contribution in [2.75, 3.05) is 39.3 Å². The Morgan fingerprint density at radius 2 is 1.67 bits per heavy atom. The quantitative estimate of drug-likeness (QED) is 0.787. The van der Waals surface area contributed by atoms with Crippen LogP contribution in [0.2, 0.25) is 5.02 Å². The molecule has 1 fully saturated rings. The molecule has 0 aliphatic carbocycles. The number of benzene rings is 2. The monoisotopic (exact) mass is 388 g/mol. The summed E-state index contributed by atoms with van der Waals surface area (Å²) in [5.74, 6) is 0.863. The van der Waals surface area contributed by atoms with E-state index in [1.54, 1.807) is 0 Å². The minimum absolute atomic E-state index is 0.329. The third-order valence-corrected chi connectivity index (χ3v) is 5.28. The normalized spacial score (nSPS) is 17.0. The van der Waals surface area contributed by atoms with E-state index in [2.05, 4.69) is 34.1 Å². The maximum atomic E-state index is 10.4. The highest BCUT2D eigenvalue weighted by Crippen LogP contribution is 2.19. The molecule has 0 saturated carbocycles. The molecule has 0 spiro atoms. The number of piperazine rings is 1. The number of hydrogen-bond acceptors (Lipinski definition) is 4. The Bertz CT molecular complexity index is 728. The third kappa shape index (κ3) is 6.22. The summed E-state index contributed by atoms with van der Waals surface area (Å²) < 4.78 is 5.83. The number of β-amino-alcohol motifs (C(OH)–C–C–N with tert-alkyl or cyclic N) is 1. The summed E-state index contributed by atoms with van der Waals surface area (Å²) in [5, 5.41) is 11.1. The maximum Gasteiger partial charge on any atom is 0.122 e. The van der Waals surface area contributed by atoms with Crippen molar-refractivity contribution in [3.05, 3.63) is 64.2 Å². The van der Waals surface area contributed by atoms with Gasteiger partial charge in [0.1, 0.15) is 18.5 Å². The molecule has 2 aromatic rings. The highest BCUT2D eigenvalue weighted by atomic mass is 35.5. The first-order valence-electron chi connectivity index (χ1n) is 9.57. The summed E-state index contributed by atoms with van der Waals surface area (Å²) in [7, 11) is 0. The Morgan fingerprint density at radius 3 is 2.37 bits per heavy atom. The van der Waals surface area contributed by atoms with Crippen molar-refractivity contribution in [2.24, 2.45) is 0 Å². The second-order valence-electron chi connectivity index (χ2n) is 7.44. The Labute approximate surface area is 167 Å². The van der Waals surface area contributed by atoms with Crippen LogP contribution < -0.4 is 4.74 Å². The van der Waals surface area contributed by atoms with Crippen LogP contribution in [0.15, 0.2) is 42.5 Å². The van der Waals surface area contributed by atoms with Gasteiger partial charge in [-0.2, -0.15) is 0 Å². The molecule has 3 rings (SSSR count). The summed E-state index contributed by atoms with van der Waals surface area (Å²) in [6, 6.07) is 14.2. The molecule has 1 aliphatic heterocycles. The molecule has 27 heavy (non-hydrogen) atoms. The van der Waals surface area contributed by atoms with Crippen LogP contribution in [-0.2, 0) is 6.54 Å². The van der Waals surface area contributed by atoms with Gasteiger partial charge in [-0.25, -0.2) is 0 Å². The SMILES string of the molecule is Cc1ccc(C)c(OC[C@@H](O)CN2CCN(Cc3ccc(Cl)cc3)CC2)c1. The first kappa shape index (κ1) is 20.2. The van der Waals surface area contributed by atoms with Gasteiger partial charge in [-0.1, -0.05) is 35.9 Å². The zero-order chi connectivity index (χ0) is 19.2. The topological polar surface area (TPSA) is 35.9 Å². The van der Waals surface area contributed by atoms with Gasteiger partial charge < -0.3 is 9.84 Å². The van der Waals surface area contributed by atoms with Crippen molar-refractivity contribution >= 4 is 11.6 Å². The number of ether oxygens (including phenoxy) is 1. The average Bonchev–Trinajstić information content (AvgIpc) is 2.66. The van der Waals surface area contributed by atoms with Crippen molar-refractivity contribution in [3.63, 3.8) is 0 Å². The van der Waals surface area contributed by atoms with Gasteiger partial charge in [0.15, 0.2) is 0 Å². The van der Waals surface area contributed by atoms with Crippen LogP contribution in [0.4, 0.5) is 0 Å². The maximum absolute atomic E-state index is 10.4. The van der Waals surface area contributed by atoms with E-state index in [9.17, 15) is 5.11 Å². The summed E-state index contributed by atoms with van der Waals surface area (Å²) in [6.07, 6.45) is -0.479. The number of halogens is 1. The van der Waals surface area contributed by atoms with Crippen LogP contribution in [-0.4, -0.2) is 60.3 Å². The third-order valence-electron chi connectivity index (χ3n) is 5.03. The molecule has 0 unspecified atom stereocenters. The Balaban J connectivity index is 1.39. The lowest BCUT2D eigenvalue weighted by atomic mass is 10.1. The van der Waals surface area contributed by atoms with Crippen molar-refractivity contribution < 1.29 is 9.84 Å². The van der Waals surface area contributed by atoms with Crippen LogP contribution in [0.3, 0.4) is 0 Å². The predicted octanol–water partition coefficient (Wildman–Crippen LogP) is 3.51. The molecule has 1 saturated heterocycles. The van der Waals surface area contributed by atoms with Gasteiger partial charge >= 0.3 is 0 Å². The minimum atomic E-state index is -0.479. The van der Waals surface area contributed by atoms with Crippen LogP contribution >= 0.6 is 11.6 Å². The fraction of sp³-hybridized carbons (Fsp3) is 0.455. The molecule has 0 amide bonds. The van der Waals surface area contributed by atoms with E-state index in [0.717, 1.165) is 49.1 Å². The van der Waals surface area contributed by atoms with Gasteiger partial charge in [-0.05, 0) is 48.7 Å². The van der Waals surface area contributed by atoms with E-state index in [1.165, 1.54) is 11.1 Å². The number of nitrogens with zero attached hydrogens (tertiary/aromatic N) is 2. The summed E-state index contributed by atoms with van der Waals surface area (Å²) in [6.45, 7) is 9.95.